The Morgan fingerprint density at radius 1 is 1.16 bits per heavy atom. The number of piperazine rings is 1. The minimum Gasteiger partial charge on any atom is -0.493 e. The van der Waals surface area contributed by atoms with Crippen LogP contribution in [0.1, 0.15) is 32.8 Å². The van der Waals surface area contributed by atoms with Gasteiger partial charge in [-0.3, -0.25) is 4.90 Å². The number of nitrogens with one attached hydrogen (secondary N) is 2. The minimum absolute atomic E-state index is 0. The van der Waals surface area contributed by atoms with Crippen molar-refractivity contribution in [3.05, 3.63) is 23.8 Å². The third kappa shape index (κ3) is 10.0. The summed E-state index contributed by atoms with van der Waals surface area (Å²) in [7, 11) is 2.14. The molecule has 1 saturated heterocycles. The largest absolute Gasteiger partial charge is 0.493 e. The van der Waals surface area contributed by atoms with Crippen molar-refractivity contribution in [2.45, 2.75) is 46.4 Å². The lowest BCUT2D eigenvalue weighted by molar-refractivity contribution is -0.0505. The maximum atomic E-state index is 12.9. The summed E-state index contributed by atoms with van der Waals surface area (Å²) >= 11 is 0. The van der Waals surface area contributed by atoms with Crippen LogP contribution >= 0.6 is 24.0 Å². The Morgan fingerprint density at radius 3 is 2.50 bits per heavy atom. The number of rotatable bonds is 11. The highest BCUT2D eigenvalue weighted by atomic mass is 127. The Morgan fingerprint density at radius 2 is 1.88 bits per heavy atom. The predicted molar refractivity (Wildman–Crippen MR) is 136 cm³/mol. The first kappa shape index (κ1) is 28.6. The standard InChI is InChI=1S/C22H37F2N5O2.HI/c1-5-13-30-19-8-7-18(20(14-19)31-21(23)24)16-27-22(25-6-2)26-15-17(3)29-11-9-28(4)10-12-29;/h7-8,14,17,21H,5-6,9-13,15-16H2,1-4H3,(H2,25,26,27);1H. The minimum atomic E-state index is -2.90. The molecule has 7 nitrogen and oxygen atoms in total. The summed E-state index contributed by atoms with van der Waals surface area (Å²) in [5.41, 5.74) is 0.577. The molecule has 1 atom stereocenters. The van der Waals surface area contributed by atoms with Crippen molar-refractivity contribution in [2.24, 2.45) is 4.99 Å². The molecule has 0 amide bonds. The van der Waals surface area contributed by atoms with Crippen LogP contribution in [0, 0.1) is 0 Å². The van der Waals surface area contributed by atoms with Crippen molar-refractivity contribution in [3.8, 4) is 11.5 Å². The van der Waals surface area contributed by atoms with Gasteiger partial charge in [0, 0.05) is 56.9 Å². The number of aliphatic imine (C=N–C) groups is 1. The number of ether oxygens (including phenoxy) is 2. The highest BCUT2D eigenvalue weighted by Gasteiger charge is 2.19. The average molecular weight is 569 g/mol. The summed E-state index contributed by atoms with van der Waals surface area (Å²) in [6, 6.07) is 5.35. The predicted octanol–water partition coefficient (Wildman–Crippen LogP) is 3.39. The zero-order valence-electron chi connectivity index (χ0n) is 19.6. The van der Waals surface area contributed by atoms with E-state index in [-0.39, 0.29) is 36.3 Å². The zero-order valence-corrected chi connectivity index (χ0v) is 21.9. The summed E-state index contributed by atoms with van der Waals surface area (Å²) in [6.45, 7) is 9.71. The van der Waals surface area contributed by atoms with E-state index in [4.69, 9.17) is 9.47 Å². The Bertz CT molecular complexity index is 688. The van der Waals surface area contributed by atoms with E-state index in [2.05, 4.69) is 39.4 Å². The monoisotopic (exact) mass is 569 g/mol. The molecule has 0 bridgehead atoms. The fourth-order valence-electron chi connectivity index (χ4n) is 3.32. The van der Waals surface area contributed by atoms with Crippen LogP contribution in [0.3, 0.4) is 0 Å². The number of guanidine groups is 1. The molecule has 184 valence electrons. The summed E-state index contributed by atoms with van der Waals surface area (Å²) in [6.07, 6.45) is 0.835. The van der Waals surface area contributed by atoms with Crippen molar-refractivity contribution in [2.75, 3.05) is 52.9 Å². The third-order valence-electron chi connectivity index (χ3n) is 5.21. The second-order valence-corrected chi connectivity index (χ2v) is 7.76. The molecule has 2 N–H and O–H groups in total. The normalized spacial score (nSPS) is 16.4. The number of alkyl halides is 2. The molecule has 10 heteroatoms. The van der Waals surface area contributed by atoms with Gasteiger partial charge in [0.25, 0.3) is 0 Å². The van der Waals surface area contributed by atoms with E-state index in [9.17, 15) is 8.78 Å². The van der Waals surface area contributed by atoms with Gasteiger partial charge in [-0.15, -0.1) is 24.0 Å². The number of nitrogens with zero attached hydrogens (tertiary/aromatic N) is 3. The maximum Gasteiger partial charge on any atom is 0.387 e. The smallest absolute Gasteiger partial charge is 0.387 e. The highest BCUT2D eigenvalue weighted by Crippen LogP contribution is 2.27. The quantitative estimate of drug-likeness (QED) is 0.242. The Balaban J connectivity index is 0.00000512. The molecule has 0 aliphatic carbocycles. The molecule has 1 heterocycles. The van der Waals surface area contributed by atoms with Crippen LogP contribution < -0.4 is 20.1 Å². The Kier molecular flexibility index (Phi) is 13.8. The van der Waals surface area contributed by atoms with Crippen LogP contribution in [-0.2, 0) is 6.54 Å². The maximum absolute atomic E-state index is 12.9. The number of hydrogen-bond donors (Lipinski definition) is 2. The van der Waals surface area contributed by atoms with Gasteiger partial charge in [0.15, 0.2) is 5.96 Å². The average Bonchev–Trinajstić information content (AvgIpc) is 2.75. The first-order valence-corrected chi connectivity index (χ1v) is 11.1. The van der Waals surface area contributed by atoms with Gasteiger partial charge in [-0.1, -0.05) is 6.92 Å². The molecule has 1 unspecified atom stereocenters. The topological polar surface area (TPSA) is 61.4 Å². The number of hydrogen-bond acceptors (Lipinski definition) is 5. The lowest BCUT2D eigenvalue weighted by atomic mass is 10.2. The molecular weight excluding hydrogens is 531 g/mol. The highest BCUT2D eigenvalue weighted by molar-refractivity contribution is 14.0. The van der Waals surface area contributed by atoms with E-state index < -0.39 is 6.61 Å². The molecule has 1 aliphatic heterocycles. The van der Waals surface area contributed by atoms with Gasteiger partial charge < -0.3 is 25.0 Å². The van der Waals surface area contributed by atoms with Gasteiger partial charge in [-0.2, -0.15) is 8.78 Å². The van der Waals surface area contributed by atoms with Crippen molar-refractivity contribution >= 4 is 29.9 Å². The first-order chi connectivity index (χ1) is 14.9. The second-order valence-electron chi connectivity index (χ2n) is 7.76. The molecular formula is C22H38F2IN5O2. The molecule has 0 spiro atoms. The van der Waals surface area contributed by atoms with Crippen LogP contribution in [0.2, 0.25) is 0 Å². The van der Waals surface area contributed by atoms with Gasteiger partial charge in [0.2, 0.25) is 0 Å². The summed E-state index contributed by atoms with van der Waals surface area (Å²) in [5.74, 6) is 1.25. The lowest BCUT2D eigenvalue weighted by Gasteiger charge is -2.36. The Labute approximate surface area is 207 Å². The van der Waals surface area contributed by atoms with E-state index in [1.165, 1.54) is 6.07 Å². The van der Waals surface area contributed by atoms with Gasteiger partial charge in [-0.25, -0.2) is 4.99 Å². The van der Waals surface area contributed by atoms with Gasteiger partial charge in [-0.05, 0) is 39.4 Å². The van der Waals surface area contributed by atoms with Crippen molar-refractivity contribution < 1.29 is 18.3 Å². The van der Waals surface area contributed by atoms with Crippen LogP contribution in [0.5, 0.6) is 11.5 Å². The van der Waals surface area contributed by atoms with Gasteiger partial charge in [0.05, 0.1) is 13.2 Å². The zero-order chi connectivity index (χ0) is 22.6. The van der Waals surface area contributed by atoms with Gasteiger partial charge >= 0.3 is 6.61 Å². The molecule has 2 rings (SSSR count). The first-order valence-electron chi connectivity index (χ1n) is 11.1. The van der Waals surface area contributed by atoms with E-state index in [1.54, 1.807) is 12.1 Å². The SMILES string of the molecule is CCCOc1ccc(CN=C(NCC)NCC(C)N2CCN(C)CC2)c(OC(F)F)c1.I. The molecule has 0 aromatic heterocycles. The Hall–Kier alpha value is -1.40. The second kappa shape index (κ2) is 15.4. The lowest BCUT2D eigenvalue weighted by Crippen LogP contribution is -2.52. The molecule has 0 saturated carbocycles. The summed E-state index contributed by atoms with van der Waals surface area (Å²) < 4.78 is 36.0. The summed E-state index contributed by atoms with van der Waals surface area (Å²) in [5, 5.41) is 6.58. The van der Waals surface area contributed by atoms with E-state index >= 15 is 0 Å². The van der Waals surface area contributed by atoms with Crippen LogP contribution in [0.15, 0.2) is 23.2 Å². The summed E-state index contributed by atoms with van der Waals surface area (Å²) in [4.78, 5) is 9.37. The number of halogens is 3. The number of likely N-dealkylation sites (N-methyl/N-ethyl adjacent to an activating group) is 1. The molecule has 1 aromatic carbocycles. The fraction of sp³-hybridized carbons (Fsp3) is 0.682. The van der Waals surface area contributed by atoms with Crippen LogP contribution in [-0.4, -0.2) is 81.3 Å². The molecule has 32 heavy (non-hydrogen) atoms. The molecule has 1 aromatic rings. The van der Waals surface area contributed by atoms with Crippen molar-refractivity contribution in [1.82, 2.24) is 20.4 Å². The van der Waals surface area contributed by atoms with E-state index in [1.807, 2.05) is 13.8 Å². The van der Waals surface area contributed by atoms with Crippen molar-refractivity contribution in [1.29, 1.82) is 0 Å². The third-order valence-corrected chi connectivity index (χ3v) is 5.21. The molecule has 0 radical (unpaired) electrons. The van der Waals surface area contributed by atoms with Crippen molar-refractivity contribution in [3.63, 3.8) is 0 Å². The fourth-order valence-corrected chi connectivity index (χ4v) is 3.32. The van der Waals surface area contributed by atoms with Gasteiger partial charge in [0.1, 0.15) is 11.5 Å². The van der Waals surface area contributed by atoms with Crippen LogP contribution in [0.25, 0.3) is 0 Å². The van der Waals surface area contributed by atoms with Crippen LogP contribution in [0.4, 0.5) is 8.78 Å². The number of benzene rings is 1. The van der Waals surface area contributed by atoms with E-state index in [0.717, 1.165) is 39.1 Å². The van der Waals surface area contributed by atoms with E-state index in [0.29, 0.717) is 36.5 Å². The molecule has 1 aliphatic rings. The molecule has 1 fully saturated rings.